The van der Waals surface area contributed by atoms with Crippen molar-refractivity contribution in [2.24, 2.45) is 5.92 Å². The van der Waals surface area contributed by atoms with Crippen LogP contribution in [0.2, 0.25) is 0 Å². The summed E-state index contributed by atoms with van der Waals surface area (Å²) in [4.78, 5) is 25.9. The van der Waals surface area contributed by atoms with E-state index in [1.165, 1.54) is 11.1 Å². The monoisotopic (exact) mass is 317 g/mol. The summed E-state index contributed by atoms with van der Waals surface area (Å²) in [6.07, 6.45) is 0.295. The molecule has 0 radical (unpaired) electrons. The highest BCUT2D eigenvalue weighted by Crippen LogP contribution is 2.19. The number of amides is 2. The van der Waals surface area contributed by atoms with Crippen molar-refractivity contribution in [1.82, 2.24) is 15.5 Å². The van der Waals surface area contributed by atoms with Crippen molar-refractivity contribution in [3.63, 3.8) is 0 Å². The Morgan fingerprint density at radius 1 is 1.39 bits per heavy atom. The summed E-state index contributed by atoms with van der Waals surface area (Å²) in [7, 11) is 1.61. The first kappa shape index (κ1) is 16.0. The average Bonchev–Trinajstić information content (AvgIpc) is 3.16. The van der Waals surface area contributed by atoms with Crippen molar-refractivity contribution in [3.05, 3.63) is 34.9 Å². The third-order valence-corrected chi connectivity index (χ3v) is 4.52. The van der Waals surface area contributed by atoms with Gasteiger partial charge in [-0.15, -0.1) is 0 Å². The van der Waals surface area contributed by atoms with Gasteiger partial charge in [0.1, 0.15) is 0 Å². The molecule has 2 aliphatic rings. The third kappa shape index (κ3) is 3.71. The molecule has 2 amide bonds. The number of methoxy groups -OCH3 is 1. The van der Waals surface area contributed by atoms with Gasteiger partial charge in [-0.3, -0.25) is 9.59 Å². The van der Waals surface area contributed by atoms with Crippen LogP contribution < -0.4 is 10.6 Å². The molecule has 1 saturated heterocycles. The maximum Gasteiger partial charge on any atom is 0.225 e. The van der Waals surface area contributed by atoms with E-state index in [0.717, 1.165) is 18.7 Å². The largest absolute Gasteiger partial charge is 0.383 e. The molecule has 0 bridgehead atoms. The van der Waals surface area contributed by atoms with Crippen molar-refractivity contribution in [2.75, 3.05) is 26.8 Å². The van der Waals surface area contributed by atoms with E-state index >= 15 is 0 Å². The molecule has 0 aliphatic carbocycles. The van der Waals surface area contributed by atoms with Gasteiger partial charge in [0.15, 0.2) is 0 Å². The fraction of sp³-hybridized carbons (Fsp3) is 0.529. The topological polar surface area (TPSA) is 70.7 Å². The van der Waals surface area contributed by atoms with E-state index in [1.54, 1.807) is 12.0 Å². The molecule has 0 aromatic heterocycles. The van der Waals surface area contributed by atoms with Gasteiger partial charge in [0.25, 0.3) is 0 Å². The molecule has 2 N–H and O–H groups in total. The molecule has 0 spiro atoms. The second-order valence-corrected chi connectivity index (χ2v) is 6.16. The number of nitrogens with zero attached hydrogens (tertiary/aromatic N) is 1. The van der Waals surface area contributed by atoms with Crippen LogP contribution in [0, 0.1) is 5.92 Å². The van der Waals surface area contributed by atoms with Crippen molar-refractivity contribution in [3.8, 4) is 0 Å². The molecule has 3 rings (SSSR count). The van der Waals surface area contributed by atoms with Gasteiger partial charge in [-0.05, 0) is 16.7 Å². The number of nitrogens with one attached hydrogen (secondary N) is 2. The van der Waals surface area contributed by atoms with Crippen LogP contribution in [0.3, 0.4) is 0 Å². The molecule has 0 saturated carbocycles. The fourth-order valence-corrected chi connectivity index (χ4v) is 3.16. The van der Waals surface area contributed by atoms with Crippen LogP contribution in [0.5, 0.6) is 0 Å². The minimum absolute atomic E-state index is 0.0332. The SMILES string of the molecule is COCCN1CC(C(=O)NCc2ccc3c(c2)CNC3)CC1=O. The molecular formula is C17H23N3O3. The molecule has 2 heterocycles. The molecule has 1 aromatic rings. The average molecular weight is 317 g/mol. The fourth-order valence-electron chi connectivity index (χ4n) is 3.16. The Hall–Kier alpha value is -1.92. The predicted octanol–water partition coefficient (Wildman–Crippen LogP) is 0.401. The summed E-state index contributed by atoms with van der Waals surface area (Å²) in [5, 5.41) is 6.27. The zero-order chi connectivity index (χ0) is 16.2. The van der Waals surface area contributed by atoms with Crippen molar-refractivity contribution < 1.29 is 14.3 Å². The highest BCUT2D eigenvalue weighted by atomic mass is 16.5. The number of hydrogen-bond donors (Lipinski definition) is 2. The summed E-state index contributed by atoms with van der Waals surface area (Å²) < 4.78 is 4.99. The first-order chi connectivity index (χ1) is 11.2. The number of benzene rings is 1. The van der Waals surface area contributed by atoms with Crippen LogP contribution in [0.1, 0.15) is 23.1 Å². The number of fused-ring (bicyclic) bond motifs is 1. The molecule has 1 fully saturated rings. The maximum absolute atomic E-state index is 12.3. The summed E-state index contributed by atoms with van der Waals surface area (Å²) in [6, 6.07) is 6.31. The van der Waals surface area contributed by atoms with E-state index in [0.29, 0.717) is 32.7 Å². The lowest BCUT2D eigenvalue weighted by Crippen LogP contribution is -2.33. The highest BCUT2D eigenvalue weighted by Gasteiger charge is 2.33. The van der Waals surface area contributed by atoms with E-state index in [-0.39, 0.29) is 17.7 Å². The summed E-state index contributed by atoms with van der Waals surface area (Å²) in [5.74, 6) is -0.266. The first-order valence-corrected chi connectivity index (χ1v) is 8.03. The van der Waals surface area contributed by atoms with Crippen molar-refractivity contribution >= 4 is 11.8 Å². The Morgan fingerprint density at radius 3 is 3.04 bits per heavy atom. The number of likely N-dealkylation sites (tertiary alicyclic amines) is 1. The van der Waals surface area contributed by atoms with Gasteiger partial charge in [-0.2, -0.15) is 0 Å². The van der Waals surface area contributed by atoms with E-state index in [2.05, 4.69) is 28.8 Å². The van der Waals surface area contributed by atoms with Gasteiger partial charge < -0.3 is 20.3 Å². The minimum Gasteiger partial charge on any atom is -0.383 e. The van der Waals surface area contributed by atoms with Crippen LogP contribution in [-0.4, -0.2) is 43.5 Å². The molecule has 23 heavy (non-hydrogen) atoms. The normalized spacial score (nSPS) is 20.0. The molecule has 2 aliphatic heterocycles. The van der Waals surface area contributed by atoms with Crippen LogP contribution >= 0.6 is 0 Å². The minimum atomic E-state index is -0.254. The summed E-state index contributed by atoms with van der Waals surface area (Å²) >= 11 is 0. The summed E-state index contributed by atoms with van der Waals surface area (Å²) in [6.45, 7) is 3.86. The number of ether oxygens (including phenoxy) is 1. The van der Waals surface area contributed by atoms with Crippen LogP contribution in [0.4, 0.5) is 0 Å². The molecule has 124 valence electrons. The van der Waals surface area contributed by atoms with Gasteiger partial charge >= 0.3 is 0 Å². The molecule has 6 heteroatoms. The molecule has 1 aromatic carbocycles. The number of carbonyl (C=O) groups is 2. The molecular weight excluding hydrogens is 294 g/mol. The van der Waals surface area contributed by atoms with E-state index in [4.69, 9.17) is 4.74 Å². The highest BCUT2D eigenvalue weighted by molar-refractivity contribution is 5.89. The molecule has 1 unspecified atom stereocenters. The standard InChI is InChI=1S/C17H23N3O3/c1-23-5-4-20-11-15(7-16(20)21)17(22)19-8-12-2-3-13-9-18-10-14(13)6-12/h2-3,6,15,18H,4-5,7-11H2,1H3,(H,19,22). The zero-order valence-electron chi connectivity index (χ0n) is 13.4. The van der Waals surface area contributed by atoms with Gasteiger partial charge in [0, 0.05) is 46.3 Å². The van der Waals surface area contributed by atoms with Crippen molar-refractivity contribution in [2.45, 2.75) is 26.1 Å². The van der Waals surface area contributed by atoms with Gasteiger partial charge in [0.05, 0.1) is 12.5 Å². The van der Waals surface area contributed by atoms with E-state index in [9.17, 15) is 9.59 Å². The van der Waals surface area contributed by atoms with Crippen LogP contribution in [-0.2, 0) is 34.0 Å². The molecule has 6 nitrogen and oxygen atoms in total. The smallest absolute Gasteiger partial charge is 0.225 e. The molecule has 1 atom stereocenters. The Labute approximate surface area is 136 Å². The number of carbonyl (C=O) groups excluding carboxylic acids is 2. The Morgan fingerprint density at radius 2 is 2.22 bits per heavy atom. The second-order valence-electron chi connectivity index (χ2n) is 6.16. The number of hydrogen-bond acceptors (Lipinski definition) is 4. The van der Waals surface area contributed by atoms with E-state index in [1.807, 2.05) is 0 Å². The van der Waals surface area contributed by atoms with Crippen molar-refractivity contribution in [1.29, 1.82) is 0 Å². The lowest BCUT2D eigenvalue weighted by Gasteiger charge is -2.16. The Bertz CT molecular complexity index is 603. The quantitative estimate of drug-likeness (QED) is 0.797. The predicted molar refractivity (Wildman–Crippen MR) is 85.4 cm³/mol. The maximum atomic E-state index is 12.3. The third-order valence-electron chi connectivity index (χ3n) is 4.52. The first-order valence-electron chi connectivity index (χ1n) is 8.03. The Balaban J connectivity index is 1.51. The van der Waals surface area contributed by atoms with Gasteiger partial charge in [0.2, 0.25) is 11.8 Å². The van der Waals surface area contributed by atoms with Crippen LogP contribution in [0.15, 0.2) is 18.2 Å². The van der Waals surface area contributed by atoms with Crippen LogP contribution in [0.25, 0.3) is 0 Å². The Kier molecular flexibility index (Phi) is 4.93. The summed E-state index contributed by atoms with van der Waals surface area (Å²) in [5.41, 5.74) is 3.73. The lowest BCUT2D eigenvalue weighted by atomic mass is 10.1. The van der Waals surface area contributed by atoms with E-state index < -0.39 is 0 Å². The zero-order valence-corrected chi connectivity index (χ0v) is 13.4. The second kappa shape index (κ2) is 7.10. The van der Waals surface area contributed by atoms with Gasteiger partial charge in [-0.25, -0.2) is 0 Å². The van der Waals surface area contributed by atoms with Gasteiger partial charge in [-0.1, -0.05) is 18.2 Å². The lowest BCUT2D eigenvalue weighted by molar-refractivity contribution is -0.129. The number of rotatable bonds is 6.